The van der Waals surface area contributed by atoms with Gasteiger partial charge in [-0.3, -0.25) is 0 Å². The molecule has 9 atom stereocenters. The molecule has 0 aliphatic carbocycles. The highest BCUT2D eigenvalue weighted by molar-refractivity contribution is 5.81. The predicted octanol–water partition coefficient (Wildman–Crippen LogP) is -5.11. The molecule has 0 heterocycles. The van der Waals surface area contributed by atoms with Crippen molar-refractivity contribution >= 4 is 11.9 Å². The zero-order chi connectivity index (χ0) is 26.1. The molecule has 14 heteroatoms. The molecule has 0 bridgehead atoms. The van der Waals surface area contributed by atoms with E-state index in [0.29, 0.717) is 0 Å². The fourth-order valence-corrected chi connectivity index (χ4v) is 2.79. The Balaban J connectivity index is 5.21. The Morgan fingerprint density at radius 3 is 1.45 bits per heavy atom. The van der Waals surface area contributed by atoms with Crippen molar-refractivity contribution in [3.05, 3.63) is 0 Å². The third kappa shape index (κ3) is 7.51. The lowest BCUT2D eigenvalue weighted by Crippen LogP contribution is -2.59. The van der Waals surface area contributed by atoms with Crippen molar-refractivity contribution in [1.82, 2.24) is 0 Å². The highest BCUT2D eigenvalue weighted by atomic mass is 16.6. The van der Waals surface area contributed by atoms with Crippen molar-refractivity contribution in [3.8, 4) is 0 Å². The second-order valence-corrected chi connectivity index (χ2v) is 7.74. The molecule has 10 N–H and O–H groups in total. The minimum Gasteiger partial charge on any atom is -0.460 e. The van der Waals surface area contributed by atoms with Gasteiger partial charge in [-0.05, 0) is 19.8 Å². The first-order valence-electron chi connectivity index (χ1n) is 10.3. The molecular weight excluding hydrogens is 452 g/mol. The minimum absolute atomic E-state index is 0.469. The van der Waals surface area contributed by atoms with Gasteiger partial charge in [0.25, 0.3) is 0 Å². The lowest BCUT2D eigenvalue weighted by molar-refractivity contribution is -0.207. The number of rotatable bonds is 15. The Bertz CT molecular complexity index is 617. The molecule has 0 fully saturated rings. The van der Waals surface area contributed by atoms with Gasteiger partial charge in [-0.25, -0.2) is 9.59 Å². The van der Waals surface area contributed by atoms with Crippen molar-refractivity contribution in [2.45, 2.75) is 87.5 Å². The number of carbonyl (C=O) groups excluding carboxylic acids is 2. The zero-order valence-electron chi connectivity index (χ0n) is 18.7. The Labute approximate surface area is 190 Å². The van der Waals surface area contributed by atoms with Gasteiger partial charge in [-0.1, -0.05) is 13.8 Å². The quantitative estimate of drug-likeness (QED) is 0.0968. The highest BCUT2D eigenvalue weighted by Crippen LogP contribution is 2.24. The van der Waals surface area contributed by atoms with Crippen LogP contribution < -0.4 is 0 Å². The van der Waals surface area contributed by atoms with Gasteiger partial charge in [0, 0.05) is 0 Å². The molecule has 0 saturated carbocycles. The van der Waals surface area contributed by atoms with E-state index in [-0.39, 0.29) is 0 Å². The molecular formula is C19H36O14. The van der Waals surface area contributed by atoms with E-state index >= 15 is 0 Å². The molecule has 9 unspecified atom stereocenters. The molecule has 0 spiro atoms. The standard InChI is InChI=1S/C19H36O14/c1-4-18(30,14(26)12(24)10(22)6-20)16(28)32-8-9(3)33-17(29)19(31,5-2)15(27)13(25)11(23)7-21/h9-15,20-27,30-31H,4-8H2,1-3H3. The van der Waals surface area contributed by atoms with Crippen LogP contribution in [-0.2, 0) is 19.1 Å². The molecule has 0 aromatic carbocycles. The van der Waals surface area contributed by atoms with Gasteiger partial charge in [0.05, 0.1) is 13.2 Å². The van der Waals surface area contributed by atoms with E-state index in [1.54, 1.807) is 0 Å². The van der Waals surface area contributed by atoms with Crippen LogP contribution in [0.3, 0.4) is 0 Å². The number of hydrogen-bond acceptors (Lipinski definition) is 14. The number of aliphatic hydroxyl groups excluding tert-OH is 8. The van der Waals surface area contributed by atoms with Crippen LogP contribution >= 0.6 is 0 Å². The molecule has 0 radical (unpaired) electrons. The summed E-state index contributed by atoms with van der Waals surface area (Å²) in [5.74, 6) is -2.89. The summed E-state index contributed by atoms with van der Waals surface area (Å²) in [6, 6.07) is 0. The second-order valence-electron chi connectivity index (χ2n) is 7.74. The first-order valence-corrected chi connectivity index (χ1v) is 10.3. The Hall–Kier alpha value is -1.46. The Morgan fingerprint density at radius 2 is 1.12 bits per heavy atom. The van der Waals surface area contributed by atoms with Crippen LogP contribution in [0.2, 0.25) is 0 Å². The van der Waals surface area contributed by atoms with E-state index in [4.69, 9.17) is 19.7 Å². The van der Waals surface area contributed by atoms with Crippen molar-refractivity contribution in [1.29, 1.82) is 0 Å². The van der Waals surface area contributed by atoms with Crippen molar-refractivity contribution in [2.75, 3.05) is 19.8 Å². The maximum absolute atomic E-state index is 12.4. The Morgan fingerprint density at radius 1 is 0.758 bits per heavy atom. The smallest absolute Gasteiger partial charge is 0.341 e. The van der Waals surface area contributed by atoms with E-state index in [2.05, 4.69) is 0 Å². The first-order chi connectivity index (χ1) is 15.2. The van der Waals surface area contributed by atoms with Crippen LogP contribution in [0.1, 0.15) is 33.6 Å². The van der Waals surface area contributed by atoms with Gasteiger partial charge in [-0.2, -0.15) is 0 Å². The third-order valence-electron chi connectivity index (χ3n) is 5.33. The van der Waals surface area contributed by atoms with E-state index in [1.807, 2.05) is 0 Å². The molecule has 33 heavy (non-hydrogen) atoms. The normalized spacial score (nSPS) is 22.0. The summed E-state index contributed by atoms with van der Waals surface area (Å²) in [4.78, 5) is 24.7. The minimum atomic E-state index is -2.70. The maximum atomic E-state index is 12.4. The Kier molecular flexibility index (Phi) is 12.8. The average molecular weight is 488 g/mol. The van der Waals surface area contributed by atoms with Crippen LogP contribution in [0.4, 0.5) is 0 Å². The fraction of sp³-hybridized carbons (Fsp3) is 0.895. The van der Waals surface area contributed by atoms with E-state index in [9.17, 15) is 50.4 Å². The number of carbonyl (C=O) groups is 2. The van der Waals surface area contributed by atoms with Gasteiger partial charge in [0.2, 0.25) is 0 Å². The molecule has 196 valence electrons. The average Bonchev–Trinajstić information content (AvgIpc) is 2.82. The molecule has 0 amide bonds. The molecule has 0 rings (SSSR count). The molecule has 0 aliphatic heterocycles. The fourth-order valence-electron chi connectivity index (χ4n) is 2.79. The van der Waals surface area contributed by atoms with Gasteiger partial charge in [-0.15, -0.1) is 0 Å². The van der Waals surface area contributed by atoms with Gasteiger partial charge < -0.3 is 60.5 Å². The molecule has 0 saturated heterocycles. The van der Waals surface area contributed by atoms with Gasteiger partial charge >= 0.3 is 11.9 Å². The van der Waals surface area contributed by atoms with E-state index in [1.165, 1.54) is 20.8 Å². The van der Waals surface area contributed by atoms with Crippen molar-refractivity contribution < 1.29 is 70.1 Å². The lowest BCUT2D eigenvalue weighted by atomic mass is 9.88. The van der Waals surface area contributed by atoms with E-state index in [0.717, 1.165) is 0 Å². The predicted molar refractivity (Wildman–Crippen MR) is 107 cm³/mol. The largest absolute Gasteiger partial charge is 0.460 e. The summed E-state index contributed by atoms with van der Waals surface area (Å²) in [5.41, 5.74) is -5.39. The molecule has 0 aromatic rings. The summed E-state index contributed by atoms with van der Waals surface area (Å²) in [6.07, 6.45) is -14.6. The van der Waals surface area contributed by atoms with Crippen LogP contribution in [0.5, 0.6) is 0 Å². The number of aliphatic hydroxyl groups is 10. The zero-order valence-corrected chi connectivity index (χ0v) is 18.7. The number of ether oxygens (including phenoxy) is 2. The van der Waals surface area contributed by atoms with Crippen LogP contribution in [-0.4, -0.2) is 137 Å². The summed E-state index contributed by atoms with van der Waals surface area (Å²) in [6.45, 7) is 1.10. The topological polar surface area (TPSA) is 255 Å². The van der Waals surface area contributed by atoms with E-state index < -0.39 is 98.5 Å². The number of hydrogen-bond donors (Lipinski definition) is 10. The summed E-state index contributed by atoms with van der Waals surface area (Å²) < 4.78 is 9.71. The molecule has 0 aromatic heterocycles. The van der Waals surface area contributed by atoms with Crippen LogP contribution in [0.15, 0.2) is 0 Å². The third-order valence-corrected chi connectivity index (χ3v) is 5.33. The second kappa shape index (κ2) is 13.4. The summed E-state index contributed by atoms with van der Waals surface area (Å²) in [7, 11) is 0. The van der Waals surface area contributed by atoms with Gasteiger partial charge in [0.15, 0.2) is 11.2 Å². The molecule has 0 aliphatic rings. The molecule has 14 nitrogen and oxygen atoms in total. The lowest BCUT2D eigenvalue weighted by Gasteiger charge is -2.35. The SMILES string of the molecule is CCC(O)(C(=O)OCC(C)OC(=O)C(O)(CC)C(O)C(O)C(O)CO)C(O)C(O)C(O)CO. The summed E-state index contributed by atoms with van der Waals surface area (Å²) in [5, 5.41) is 97.1. The maximum Gasteiger partial charge on any atom is 0.341 e. The monoisotopic (exact) mass is 488 g/mol. The number of esters is 2. The van der Waals surface area contributed by atoms with Crippen molar-refractivity contribution in [3.63, 3.8) is 0 Å². The first kappa shape index (κ1) is 31.5. The van der Waals surface area contributed by atoms with Crippen LogP contribution in [0, 0.1) is 0 Å². The van der Waals surface area contributed by atoms with Gasteiger partial charge in [0.1, 0.15) is 49.3 Å². The summed E-state index contributed by atoms with van der Waals surface area (Å²) >= 11 is 0. The van der Waals surface area contributed by atoms with Crippen molar-refractivity contribution in [2.24, 2.45) is 0 Å². The van der Waals surface area contributed by atoms with Crippen LogP contribution in [0.25, 0.3) is 0 Å². The highest BCUT2D eigenvalue weighted by Gasteiger charge is 2.50.